The molecule has 4 heterocycles. The number of aromatic nitrogens is 1. The third kappa shape index (κ3) is 3.94. The van der Waals surface area contributed by atoms with Crippen molar-refractivity contribution in [2.75, 3.05) is 5.32 Å². The van der Waals surface area contributed by atoms with Gasteiger partial charge in [-0.2, -0.15) is 0 Å². The van der Waals surface area contributed by atoms with Crippen LogP contribution in [0.25, 0.3) is 10.6 Å². The van der Waals surface area contributed by atoms with E-state index in [0.29, 0.717) is 29.6 Å². The number of carbonyl (C=O) groups excluding carboxylic acids is 1. The lowest BCUT2D eigenvalue weighted by atomic mass is 9.89. The van der Waals surface area contributed by atoms with Crippen molar-refractivity contribution in [3.8, 4) is 10.6 Å². The Kier molecular flexibility index (Phi) is 5.36. The van der Waals surface area contributed by atoms with Gasteiger partial charge in [-0.3, -0.25) is 4.79 Å². The Balaban J connectivity index is 0.00000156. The van der Waals surface area contributed by atoms with E-state index in [1.807, 2.05) is 16.8 Å². The fraction of sp³-hybridized carbons (Fsp3) is 0.500. The van der Waals surface area contributed by atoms with E-state index < -0.39 is 0 Å². The van der Waals surface area contributed by atoms with Crippen molar-refractivity contribution < 1.29 is 4.79 Å². The van der Waals surface area contributed by atoms with Crippen LogP contribution in [-0.4, -0.2) is 23.0 Å². The van der Waals surface area contributed by atoms with E-state index in [1.54, 1.807) is 11.3 Å². The van der Waals surface area contributed by atoms with Gasteiger partial charge in [0.05, 0.1) is 10.6 Å². The number of nitrogens with zero attached hydrogens (tertiary/aromatic N) is 1. The van der Waals surface area contributed by atoms with E-state index >= 15 is 0 Å². The Morgan fingerprint density at radius 1 is 1.30 bits per heavy atom. The van der Waals surface area contributed by atoms with Crippen molar-refractivity contribution in [1.29, 1.82) is 0 Å². The van der Waals surface area contributed by atoms with Crippen LogP contribution in [0, 0.1) is 5.92 Å². The van der Waals surface area contributed by atoms with E-state index in [-0.39, 0.29) is 18.3 Å². The van der Waals surface area contributed by atoms with E-state index in [4.69, 9.17) is 0 Å². The molecule has 2 bridgehead atoms. The fourth-order valence-electron chi connectivity index (χ4n) is 3.64. The first-order valence-electron chi connectivity index (χ1n) is 7.81. The summed E-state index contributed by atoms with van der Waals surface area (Å²) in [4.78, 5) is 17.9. The van der Waals surface area contributed by atoms with E-state index in [0.717, 1.165) is 23.4 Å². The number of halogens is 1. The van der Waals surface area contributed by atoms with Gasteiger partial charge in [0.2, 0.25) is 5.91 Å². The second-order valence-electron chi connectivity index (χ2n) is 6.24. The second kappa shape index (κ2) is 7.30. The number of amides is 1. The van der Waals surface area contributed by atoms with Crippen molar-refractivity contribution in [2.45, 2.75) is 44.2 Å². The number of thiazole rings is 1. The molecule has 2 aromatic heterocycles. The molecule has 0 radical (unpaired) electrons. The third-order valence-corrected chi connectivity index (χ3v) is 6.22. The molecule has 124 valence electrons. The first-order chi connectivity index (χ1) is 10.8. The Labute approximate surface area is 150 Å². The molecule has 2 aliphatic heterocycles. The first-order valence-corrected chi connectivity index (χ1v) is 9.57. The number of nitrogens with one attached hydrogen (secondary N) is 2. The molecule has 2 saturated heterocycles. The van der Waals surface area contributed by atoms with Crippen LogP contribution in [0.5, 0.6) is 0 Å². The van der Waals surface area contributed by atoms with Crippen LogP contribution in [0.4, 0.5) is 5.13 Å². The predicted molar refractivity (Wildman–Crippen MR) is 98.6 cm³/mol. The van der Waals surface area contributed by atoms with Crippen LogP contribution < -0.4 is 10.6 Å². The molecule has 0 spiro atoms. The summed E-state index contributed by atoms with van der Waals surface area (Å²) >= 11 is 3.17. The minimum atomic E-state index is 0. The van der Waals surface area contributed by atoms with Crippen molar-refractivity contribution in [2.24, 2.45) is 5.92 Å². The van der Waals surface area contributed by atoms with Crippen LogP contribution in [0.3, 0.4) is 0 Å². The molecule has 1 amide bonds. The molecule has 0 saturated carbocycles. The molecule has 2 fully saturated rings. The van der Waals surface area contributed by atoms with Crippen molar-refractivity contribution in [3.63, 3.8) is 0 Å². The van der Waals surface area contributed by atoms with Crippen LogP contribution in [0.1, 0.15) is 32.1 Å². The molecule has 0 aromatic carbocycles. The van der Waals surface area contributed by atoms with Gasteiger partial charge in [0.1, 0.15) is 0 Å². The Hall–Kier alpha value is -0.950. The van der Waals surface area contributed by atoms with Gasteiger partial charge in [0, 0.05) is 23.9 Å². The summed E-state index contributed by atoms with van der Waals surface area (Å²) in [5, 5.41) is 11.4. The largest absolute Gasteiger partial charge is 0.311 e. The SMILES string of the molecule is Cl.O=C(CC1CC2CCC(C1)N2)Nc1nc(-c2cccs2)cs1. The fourth-order valence-corrected chi connectivity index (χ4v) is 5.13. The molecule has 2 atom stereocenters. The number of fused-ring (bicyclic) bond motifs is 2. The monoisotopic (exact) mass is 369 g/mol. The molecule has 2 aromatic rings. The summed E-state index contributed by atoms with van der Waals surface area (Å²) in [6.07, 6.45) is 5.46. The van der Waals surface area contributed by atoms with Gasteiger partial charge in [0.25, 0.3) is 0 Å². The van der Waals surface area contributed by atoms with E-state index in [9.17, 15) is 4.79 Å². The van der Waals surface area contributed by atoms with E-state index in [1.165, 1.54) is 24.2 Å². The van der Waals surface area contributed by atoms with Gasteiger partial charge in [0.15, 0.2) is 5.13 Å². The molecule has 2 N–H and O–H groups in total. The summed E-state index contributed by atoms with van der Waals surface area (Å²) in [7, 11) is 0. The lowest BCUT2D eigenvalue weighted by molar-refractivity contribution is -0.117. The highest BCUT2D eigenvalue weighted by molar-refractivity contribution is 7.16. The summed E-state index contributed by atoms with van der Waals surface area (Å²) < 4.78 is 0. The smallest absolute Gasteiger partial charge is 0.226 e. The number of carbonyl (C=O) groups is 1. The molecule has 0 aliphatic carbocycles. The zero-order chi connectivity index (χ0) is 14.9. The number of thiophene rings is 1. The average molecular weight is 370 g/mol. The molecular formula is C16H20ClN3OS2. The molecule has 2 unspecified atom stereocenters. The summed E-state index contributed by atoms with van der Waals surface area (Å²) in [6.45, 7) is 0. The van der Waals surface area contributed by atoms with Crippen LogP contribution in [-0.2, 0) is 4.79 Å². The summed E-state index contributed by atoms with van der Waals surface area (Å²) in [6, 6.07) is 5.35. The molecule has 7 heteroatoms. The van der Waals surface area contributed by atoms with Gasteiger partial charge in [-0.25, -0.2) is 4.98 Å². The zero-order valence-corrected chi connectivity index (χ0v) is 15.1. The maximum Gasteiger partial charge on any atom is 0.226 e. The van der Waals surface area contributed by atoms with Gasteiger partial charge in [-0.15, -0.1) is 35.1 Å². The second-order valence-corrected chi connectivity index (χ2v) is 8.05. The number of piperidine rings is 1. The summed E-state index contributed by atoms with van der Waals surface area (Å²) in [5.74, 6) is 0.633. The van der Waals surface area contributed by atoms with Gasteiger partial charge in [-0.05, 0) is 43.0 Å². The zero-order valence-electron chi connectivity index (χ0n) is 12.7. The predicted octanol–water partition coefficient (Wildman–Crippen LogP) is 4.15. The quantitative estimate of drug-likeness (QED) is 0.851. The minimum Gasteiger partial charge on any atom is -0.311 e. The van der Waals surface area contributed by atoms with Crippen molar-refractivity contribution in [1.82, 2.24) is 10.3 Å². The Morgan fingerprint density at radius 2 is 2.09 bits per heavy atom. The standard InChI is InChI=1S/C16H19N3OS2.ClH/c20-15(8-10-6-11-3-4-12(7-10)17-11)19-16-18-13(9-22-16)14-2-1-5-21-14;/h1-2,5,9-12,17H,3-4,6-8H2,(H,18,19,20);1H. The third-order valence-electron chi connectivity index (χ3n) is 4.57. The maximum absolute atomic E-state index is 12.2. The Morgan fingerprint density at radius 3 is 2.78 bits per heavy atom. The van der Waals surface area contributed by atoms with Crippen molar-refractivity contribution >= 4 is 46.1 Å². The van der Waals surface area contributed by atoms with Gasteiger partial charge >= 0.3 is 0 Å². The van der Waals surface area contributed by atoms with Gasteiger partial charge < -0.3 is 10.6 Å². The molecule has 23 heavy (non-hydrogen) atoms. The lowest BCUT2D eigenvalue weighted by Crippen LogP contribution is -2.39. The first kappa shape index (κ1) is 16.9. The topological polar surface area (TPSA) is 54.0 Å². The highest BCUT2D eigenvalue weighted by Gasteiger charge is 2.34. The number of hydrogen-bond acceptors (Lipinski definition) is 5. The highest BCUT2D eigenvalue weighted by atomic mass is 35.5. The lowest BCUT2D eigenvalue weighted by Gasteiger charge is -2.28. The van der Waals surface area contributed by atoms with Gasteiger partial charge in [-0.1, -0.05) is 6.07 Å². The maximum atomic E-state index is 12.2. The van der Waals surface area contributed by atoms with Crippen LogP contribution in [0.2, 0.25) is 0 Å². The average Bonchev–Trinajstić information content (AvgIpc) is 3.20. The summed E-state index contributed by atoms with van der Waals surface area (Å²) in [5.41, 5.74) is 0.954. The molecule has 4 rings (SSSR count). The number of rotatable bonds is 4. The molecule has 2 aliphatic rings. The van der Waals surface area contributed by atoms with E-state index in [2.05, 4.69) is 21.7 Å². The van der Waals surface area contributed by atoms with Crippen LogP contribution in [0.15, 0.2) is 22.9 Å². The van der Waals surface area contributed by atoms with Crippen LogP contribution >= 0.6 is 35.1 Å². The highest BCUT2D eigenvalue weighted by Crippen LogP contribution is 2.33. The number of hydrogen-bond donors (Lipinski definition) is 2. The Bertz CT molecular complexity index is 646. The van der Waals surface area contributed by atoms with Crippen molar-refractivity contribution in [3.05, 3.63) is 22.9 Å². The molecule has 4 nitrogen and oxygen atoms in total. The minimum absolute atomic E-state index is 0. The number of anilines is 1. The normalized spacial score (nSPS) is 25.8. The molecular weight excluding hydrogens is 350 g/mol.